The fourth-order valence-corrected chi connectivity index (χ4v) is 4.48. The molecule has 6 heteroatoms. The lowest BCUT2D eigenvalue weighted by Crippen LogP contribution is -2.44. The number of nitrogens with zero attached hydrogens (tertiary/aromatic N) is 3. The first kappa shape index (κ1) is 21.4. The third kappa shape index (κ3) is 4.74. The van der Waals surface area contributed by atoms with Crippen LogP contribution >= 0.6 is 0 Å². The van der Waals surface area contributed by atoms with Crippen LogP contribution in [-0.4, -0.2) is 63.2 Å². The second-order valence-electron chi connectivity index (χ2n) is 8.37. The summed E-state index contributed by atoms with van der Waals surface area (Å²) in [4.78, 5) is 31.7. The molecule has 2 aromatic rings. The van der Waals surface area contributed by atoms with E-state index in [4.69, 9.17) is 4.74 Å². The number of ether oxygens (including phenoxy) is 1. The summed E-state index contributed by atoms with van der Waals surface area (Å²) < 4.78 is 5.04. The van der Waals surface area contributed by atoms with E-state index >= 15 is 0 Å². The predicted molar refractivity (Wildman–Crippen MR) is 123 cm³/mol. The molecule has 0 aromatic heterocycles. The number of para-hydroxylation sites is 1. The van der Waals surface area contributed by atoms with Crippen molar-refractivity contribution >= 4 is 23.3 Å². The Bertz CT molecular complexity index is 920. The maximum Gasteiger partial charge on any atom is 0.338 e. The highest BCUT2D eigenvalue weighted by molar-refractivity contribution is 5.98. The van der Waals surface area contributed by atoms with Gasteiger partial charge in [-0.3, -0.25) is 4.79 Å². The minimum atomic E-state index is -0.333. The fourth-order valence-electron chi connectivity index (χ4n) is 4.48. The van der Waals surface area contributed by atoms with Crippen molar-refractivity contribution < 1.29 is 14.3 Å². The summed E-state index contributed by atoms with van der Waals surface area (Å²) in [7, 11) is 2.16. The lowest BCUT2D eigenvalue weighted by Gasteiger charge is -2.35. The summed E-state index contributed by atoms with van der Waals surface area (Å²) in [5.74, 6) is -0.185. The van der Waals surface area contributed by atoms with E-state index in [0.29, 0.717) is 18.7 Å². The Kier molecular flexibility index (Phi) is 6.56. The summed E-state index contributed by atoms with van der Waals surface area (Å²) in [6.45, 7) is 7.01. The van der Waals surface area contributed by atoms with Gasteiger partial charge in [-0.2, -0.15) is 0 Å². The number of esters is 1. The van der Waals surface area contributed by atoms with Gasteiger partial charge >= 0.3 is 5.97 Å². The molecule has 0 spiro atoms. The number of piperazine rings is 1. The van der Waals surface area contributed by atoms with Crippen LogP contribution in [0.2, 0.25) is 0 Å². The van der Waals surface area contributed by atoms with Crippen molar-refractivity contribution in [3.63, 3.8) is 0 Å². The molecule has 2 heterocycles. The van der Waals surface area contributed by atoms with Gasteiger partial charge < -0.3 is 19.4 Å². The number of likely N-dealkylation sites (N-methyl/N-ethyl adjacent to an activating group) is 1. The SMILES string of the molecule is CCOC(=O)c1ccc(N2CC[C@@H](Cc3ccccc3N3CCN(C)CC3)C2=O)cc1. The zero-order valence-corrected chi connectivity index (χ0v) is 18.4. The number of carbonyl (C=O) groups excluding carboxylic acids is 2. The molecule has 4 rings (SSSR count). The van der Waals surface area contributed by atoms with Gasteiger partial charge in [0.25, 0.3) is 0 Å². The maximum atomic E-state index is 13.2. The van der Waals surface area contributed by atoms with Gasteiger partial charge in [-0.15, -0.1) is 0 Å². The smallest absolute Gasteiger partial charge is 0.338 e. The molecule has 2 aliphatic heterocycles. The van der Waals surface area contributed by atoms with Crippen molar-refractivity contribution in [3.8, 4) is 0 Å². The van der Waals surface area contributed by atoms with Gasteiger partial charge in [0.15, 0.2) is 0 Å². The standard InChI is InChI=1S/C25H31N3O3/c1-3-31-25(30)19-8-10-22(11-9-19)28-13-12-21(24(28)29)18-20-6-4-5-7-23(20)27-16-14-26(2)15-17-27/h4-11,21H,3,12-18H2,1-2H3/t21-/m0/s1. The Morgan fingerprint density at radius 2 is 1.71 bits per heavy atom. The molecular formula is C25H31N3O3. The molecule has 0 bridgehead atoms. The minimum Gasteiger partial charge on any atom is -0.462 e. The first-order chi connectivity index (χ1) is 15.1. The van der Waals surface area contributed by atoms with Gasteiger partial charge in [-0.1, -0.05) is 18.2 Å². The van der Waals surface area contributed by atoms with Crippen LogP contribution in [0.1, 0.15) is 29.3 Å². The Morgan fingerprint density at radius 1 is 1.00 bits per heavy atom. The van der Waals surface area contributed by atoms with Crippen molar-refractivity contribution in [1.82, 2.24) is 4.90 Å². The topological polar surface area (TPSA) is 53.1 Å². The second-order valence-corrected chi connectivity index (χ2v) is 8.37. The molecule has 0 radical (unpaired) electrons. The molecule has 1 amide bonds. The van der Waals surface area contributed by atoms with E-state index in [2.05, 4.69) is 41.1 Å². The molecular weight excluding hydrogens is 390 g/mol. The third-order valence-corrected chi connectivity index (χ3v) is 6.31. The number of anilines is 2. The Hall–Kier alpha value is -2.86. The number of carbonyl (C=O) groups is 2. The highest BCUT2D eigenvalue weighted by Gasteiger charge is 2.33. The van der Waals surface area contributed by atoms with E-state index in [0.717, 1.165) is 44.7 Å². The monoisotopic (exact) mass is 421 g/mol. The molecule has 0 unspecified atom stereocenters. The zero-order chi connectivity index (χ0) is 21.8. The van der Waals surface area contributed by atoms with Crippen LogP contribution in [0, 0.1) is 5.92 Å². The van der Waals surface area contributed by atoms with Crippen LogP contribution in [-0.2, 0) is 16.0 Å². The van der Waals surface area contributed by atoms with Crippen molar-refractivity contribution in [2.45, 2.75) is 19.8 Å². The number of hydrogen-bond acceptors (Lipinski definition) is 5. The Balaban J connectivity index is 1.44. The van der Waals surface area contributed by atoms with E-state index in [1.807, 2.05) is 17.0 Å². The van der Waals surface area contributed by atoms with Crippen LogP contribution in [0.3, 0.4) is 0 Å². The van der Waals surface area contributed by atoms with Crippen LogP contribution in [0.25, 0.3) is 0 Å². The minimum absolute atomic E-state index is 0.0154. The highest BCUT2D eigenvalue weighted by Crippen LogP contribution is 2.31. The Labute approximate surface area is 184 Å². The van der Waals surface area contributed by atoms with E-state index in [1.165, 1.54) is 11.3 Å². The van der Waals surface area contributed by atoms with Crippen LogP contribution in [0.15, 0.2) is 48.5 Å². The molecule has 31 heavy (non-hydrogen) atoms. The summed E-state index contributed by atoms with van der Waals surface area (Å²) in [6.07, 6.45) is 1.61. The Morgan fingerprint density at radius 3 is 2.42 bits per heavy atom. The summed E-state index contributed by atoms with van der Waals surface area (Å²) >= 11 is 0. The van der Waals surface area contributed by atoms with Gasteiger partial charge in [0.1, 0.15) is 0 Å². The van der Waals surface area contributed by atoms with Gasteiger partial charge in [0.05, 0.1) is 12.2 Å². The van der Waals surface area contributed by atoms with Crippen molar-refractivity contribution in [3.05, 3.63) is 59.7 Å². The first-order valence-corrected chi connectivity index (χ1v) is 11.2. The van der Waals surface area contributed by atoms with E-state index in [1.54, 1.807) is 19.1 Å². The zero-order valence-electron chi connectivity index (χ0n) is 18.4. The normalized spacial score (nSPS) is 19.7. The average molecular weight is 422 g/mol. The lowest BCUT2D eigenvalue weighted by atomic mass is 9.96. The molecule has 2 fully saturated rings. The second kappa shape index (κ2) is 9.52. The molecule has 2 saturated heterocycles. The van der Waals surface area contributed by atoms with Gasteiger partial charge in [-0.25, -0.2) is 4.79 Å². The molecule has 1 atom stereocenters. The van der Waals surface area contributed by atoms with Crippen LogP contribution in [0.5, 0.6) is 0 Å². The molecule has 164 valence electrons. The summed E-state index contributed by atoms with van der Waals surface area (Å²) in [5, 5.41) is 0. The van der Waals surface area contributed by atoms with Crippen LogP contribution < -0.4 is 9.80 Å². The predicted octanol–water partition coefficient (Wildman–Crippen LogP) is 3.21. The van der Waals surface area contributed by atoms with Crippen LogP contribution in [0.4, 0.5) is 11.4 Å². The summed E-state index contributed by atoms with van der Waals surface area (Å²) in [6, 6.07) is 15.7. The molecule has 2 aromatic carbocycles. The van der Waals surface area contributed by atoms with Gasteiger partial charge in [0.2, 0.25) is 5.91 Å². The molecule has 0 aliphatic carbocycles. The van der Waals surface area contributed by atoms with Crippen molar-refractivity contribution in [1.29, 1.82) is 0 Å². The van der Waals surface area contributed by atoms with Crippen molar-refractivity contribution in [2.24, 2.45) is 5.92 Å². The highest BCUT2D eigenvalue weighted by atomic mass is 16.5. The van der Waals surface area contributed by atoms with Gasteiger partial charge in [-0.05, 0) is 62.7 Å². The number of rotatable bonds is 6. The first-order valence-electron chi connectivity index (χ1n) is 11.2. The molecule has 0 N–H and O–H groups in total. The molecule has 0 saturated carbocycles. The number of amides is 1. The largest absolute Gasteiger partial charge is 0.462 e. The number of hydrogen-bond donors (Lipinski definition) is 0. The molecule has 2 aliphatic rings. The van der Waals surface area contributed by atoms with E-state index < -0.39 is 0 Å². The fraction of sp³-hybridized carbons (Fsp3) is 0.440. The third-order valence-electron chi connectivity index (χ3n) is 6.31. The maximum absolute atomic E-state index is 13.2. The number of benzene rings is 2. The average Bonchev–Trinajstić information content (AvgIpc) is 3.15. The molecule has 6 nitrogen and oxygen atoms in total. The van der Waals surface area contributed by atoms with Crippen molar-refractivity contribution in [2.75, 3.05) is 56.2 Å². The van der Waals surface area contributed by atoms with E-state index in [9.17, 15) is 9.59 Å². The summed E-state index contributed by atoms with van der Waals surface area (Å²) in [5.41, 5.74) is 3.87. The lowest BCUT2D eigenvalue weighted by molar-refractivity contribution is -0.120. The quantitative estimate of drug-likeness (QED) is 0.671. The van der Waals surface area contributed by atoms with Gasteiger partial charge in [0, 0.05) is 50.0 Å². The van der Waals surface area contributed by atoms with E-state index in [-0.39, 0.29) is 17.8 Å².